The van der Waals surface area contributed by atoms with Crippen LogP contribution in [0, 0.1) is 0 Å². The Morgan fingerprint density at radius 2 is 2.08 bits per heavy atom. The summed E-state index contributed by atoms with van der Waals surface area (Å²) in [6.45, 7) is 0.909. The van der Waals surface area contributed by atoms with Gasteiger partial charge in [0.1, 0.15) is 24.0 Å². The van der Waals surface area contributed by atoms with Crippen molar-refractivity contribution in [2.45, 2.75) is 13.0 Å². The van der Waals surface area contributed by atoms with E-state index < -0.39 is 0 Å². The van der Waals surface area contributed by atoms with E-state index in [1.54, 1.807) is 7.05 Å². The molecule has 130 valence electrons. The third-order valence-corrected chi connectivity index (χ3v) is 3.69. The molecule has 0 fully saturated rings. The van der Waals surface area contributed by atoms with Gasteiger partial charge in [0, 0.05) is 13.6 Å². The number of nitrogens with one attached hydrogen (secondary N) is 1. The molecule has 3 rings (SSSR count). The number of amides is 1. The van der Waals surface area contributed by atoms with E-state index in [1.807, 2.05) is 30.3 Å². The van der Waals surface area contributed by atoms with Crippen LogP contribution < -0.4 is 15.6 Å². The van der Waals surface area contributed by atoms with Crippen molar-refractivity contribution in [3.8, 4) is 5.75 Å². The first-order valence-corrected chi connectivity index (χ1v) is 7.97. The molecule has 2 heterocycles. The largest absolute Gasteiger partial charge is 0.494 e. The molecule has 0 radical (unpaired) electrons. The lowest BCUT2D eigenvalue weighted by molar-refractivity contribution is -0.121. The maximum absolute atomic E-state index is 12.3. The van der Waals surface area contributed by atoms with Gasteiger partial charge >= 0.3 is 0 Å². The van der Waals surface area contributed by atoms with Gasteiger partial charge in [-0.2, -0.15) is 5.10 Å². The van der Waals surface area contributed by atoms with Crippen molar-refractivity contribution in [1.29, 1.82) is 0 Å². The number of carbonyl (C=O) groups excluding carboxylic acids is 1. The number of aromatic nitrogens is 4. The fraction of sp³-hybridized carbons (Fsp3) is 0.294. The van der Waals surface area contributed by atoms with E-state index in [-0.39, 0.29) is 18.0 Å². The van der Waals surface area contributed by atoms with E-state index in [0.29, 0.717) is 30.6 Å². The molecule has 8 nitrogen and oxygen atoms in total. The highest BCUT2D eigenvalue weighted by atomic mass is 16.5. The quantitative estimate of drug-likeness (QED) is 0.639. The van der Waals surface area contributed by atoms with Crippen molar-refractivity contribution in [2.75, 3.05) is 13.2 Å². The number of carbonyl (C=O) groups is 1. The molecule has 0 aliphatic carbocycles. The highest BCUT2D eigenvalue weighted by Crippen LogP contribution is 2.08. The summed E-state index contributed by atoms with van der Waals surface area (Å²) in [6, 6.07) is 9.50. The van der Waals surface area contributed by atoms with Gasteiger partial charge in [0.05, 0.1) is 12.8 Å². The zero-order chi connectivity index (χ0) is 17.6. The molecule has 0 spiro atoms. The number of fused-ring (bicyclic) bond motifs is 1. The number of hydrogen-bond acceptors (Lipinski definition) is 5. The second-order valence-corrected chi connectivity index (χ2v) is 5.55. The average molecular weight is 341 g/mol. The predicted molar refractivity (Wildman–Crippen MR) is 92.3 cm³/mol. The summed E-state index contributed by atoms with van der Waals surface area (Å²) >= 11 is 0. The van der Waals surface area contributed by atoms with Gasteiger partial charge in [-0.3, -0.25) is 18.8 Å². The zero-order valence-corrected chi connectivity index (χ0v) is 13.9. The minimum Gasteiger partial charge on any atom is -0.494 e. The second kappa shape index (κ2) is 7.61. The monoisotopic (exact) mass is 341 g/mol. The van der Waals surface area contributed by atoms with E-state index in [0.717, 1.165) is 5.75 Å². The molecule has 25 heavy (non-hydrogen) atoms. The summed E-state index contributed by atoms with van der Waals surface area (Å²) in [7, 11) is 1.71. The topological polar surface area (TPSA) is 91.0 Å². The van der Waals surface area contributed by atoms with Crippen LogP contribution in [0.3, 0.4) is 0 Å². The Hall–Kier alpha value is -3.16. The molecule has 0 saturated heterocycles. The number of nitrogens with zero attached hydrogens (tertiary/aromatic N) is 4. The SMILES string of the molecule is Cn1ncc2c(=O)n(CC(=O)NCCCOc3ccccc3)cnc21. The van der Waals surface area contributed by atoms with Crippen LogP contribution in [0.15, 0.2) is 47.7 Å². The van der Waals surface area contributed by atoms with Crippen LogP contribution in [0.25, 0.3) is 11.0 Å². The molecular weight excluding hydrogens is 322 g/mol. The second-order valence-electron chi connectivity index (χ2n) is 5.55. The predicted octanol–water partition coefficient (Wildman–Crippen LogP) is 0.715. The minimum absolute atomic E-state index is 0.0732. The lowest BCUT2D eigenvalue weighted by Crippen LogP contribution is -2.33. The number of hydrogen-bond donors (Lipinski definition) is 1. The summed E-state index contributed by atoms with van der Waals surface area (Å²) in [6.07, 6.45) is 3.50. The molecule has 0 atom stereocenters. The Kier molecular flexibility index (Phi) is 5.08. The third kappa shape index (κ3) is 4.03. The van der Waals surface area contributed by atoms with Gasteiger partial charge in [-0.15, -0.1) is 0 Å². The highest BCUT2D eigenvalue weighted by molar-refractivity contribution is 5.77. The molecular formula is C17H19N5O3. The Morgan fingerprint density at radius 1 is 1.28 bits per heavy atom. The van der Waals surface area contributed by atoms with Crippen LogP contribution in [0.4, 0.5) is 0 Å². The Balaban J connectivity index is 1.46. The summed E-state index contributed by atoms with van der Waals surface area (Å²) in [5.41, 5.74) is 0.223. The fourth-order valence-electron chi connectivity index (χ4n) is 2.40. The van der Waals surface area contributed by atoms with Crippen molar-refractivity contribution < 1.29 is 9.53 Å². The molecule has 8 heteroatoms. The molecule has 0 aliphatic heterocycles. The van der Waals surface area contributed by atoms with Gasteiger partial charge in [-0.1, -0.05) is 18.2 Å². The van der Waals surface area contributed by atoms with Crippen LogP contribution >= 0.6 is 0 Å². The van der Waals surface area contributed by atoms with Gasteiger partial charge in [0.2, 0.25) is 5.91 Å². The maximum Gasteiger partial charge on any atom is 0.264 e. The molecule has 1 amide bonds. The number of rotatable bonds is 7. The maximum atomic E-state index is 12.3. The molecule has 0 saturated carbocycles. The summed E-state index contributed by atoms with van der Waals surface area (Å²) in [5.74, 6) is 0.558. The molecule has 2 aromatic heterocycles. The normalized spacial score (nSPS) is 10.8. The first-order valence-electron chi connectivity index (χ1n) is 7.97. The van der Waals surface area contributed by atoms with Crippen molar-refractivity contribution >= 4 is 16.9 Å². The lowest BCUT2D eigenvalue weighted by Gasteiger charge is -2.08. The number of benzene rings is 1. The number of para-hydroxylation sites is 1. The summed E-state index contributed by atoms with van der Waals surface area (Å²) in [5, 5.41) is 7.17. The smallest absolute Gasteiger partial charge is 0.264 e. The van der Waals surface area contributed by atoms with E-state index in [4.69, 9.17) is 4.74 Å². The van der Waals surface area contributed by atoms with Gasteiger partial charge in [-0.05, 0) is 18.6 Å². The van der Waals surface area contributed by atoms with Gasteiger partial charge < -0.3 is 10.1 Å². The Labute approximate surface area is 144 Å². The first-order chi connectivity index (χ1) is 12.1. The number of ether oxygens (including phenoxy) is 1. The zero-order valence-electron chi connectivity index (χ0n) is 13.9. The minimum atomic E-state index is -0.277. The first kappa shape index (κ1) is 16.7. The van der Waals surface area contributed by atoms with Crippen molar-refractivity contribution in [3.63, 3.8) is 0 Å². The molecule has 0 unspecified atom stereocenters. The number of aryl methyl sites for hydroxylation is 1. The third-order valence-electron chi connectivity index (χ3n) is 3.69. The fourth-order valence-corrected chi connectivity index (χ4v) is 2.40. The molecule has 0 bridgehead atoms. The van der Waals surface area contributed by atoms with Crippen LogP contribution in [0.1, 0.15) is 6.42 Å². The van der Waals surface area contributed by atoms with Crippen LogP contribution in [-0.2, 0) is 18.4 Å². The standard InChI is InChI=1S/C17H19N5O3/c1-21-16-14(10-20-21)17(24)22(12-19-16)11-15(23)18-8-5-9-25-13-6-3-2-4-7-13/h2-4,6-7,10,12H,5,8-9,11H2,1H3,(H,18,23). The van der Waals surface area contributed by atoms with Crippen molar-refractivity contribution in [3.05, 3.63) is 53.2 Å². The molecule has 0 aliphatic rings. The van der Waals surface area contributed by atoms with Crippen LogP contribution in [0.5, 0.6) is 5.75 Å². The van der Waals surface area contributed by atoms with E-state index >= 15 is 0 Å². The van der Waals surface area contributed by atoms with Crippen molar-refractivity contribution in [1.82, 2.24) is 24.6 Å². The molecule has 3 aromatic rings. The van der Waals surface area contributed by atoms with Gasteiger partial charge in [0.15, 0.2) is 5.65 Å². The van der Waals surface area contributed by atoms with Crippen molar-refractivity contribution in [2.24, 2.45) is 7.05 Å². The summed E-state index contributed by atoms with van der Waals surface area (Å²) in [4.78, 5) is 28.4. The Bertz CT molecular complexity index is 917. The van der Waals surface area contributed by atoms with Gasteiger partial charge in [-0.25, -0.2) is 4.98 Å². The van der Waals surface area contributed by atoms with E-state index in [9.17, 15) is 9.59 Å². The van der Waals surface area contributed by atoms with E-state index in [1.165, 1.54) is 21.8 Å². The van der Waals surface area contributed by atoms with Crippen LogP contribution in [-0.4, -0.2) is 38.4 Å². The van der Waals surface area contributed by atoms with E-state index in [2.05, 4.69) is 15.4 Å². The molecule has 1 N–H and O–H groups in total. The van der Waals surface area contributed by atoms with Gasteiger partial charge in [0.25, 0.3) is 5.56 Å². The highest BCUT2D eigenvalue weighted by Gasteiger charge is 2.10. The lowest BCUT2D eigenvalue weighted by atomic mass is 10.3. The summed E-state index contributed by atoms with van der Waals surface area (Å²) < 4.78 is 8.35. The molecule has 1 aromatic carbocycles. The average Bonchev–Trinajstić information content (AvgIpc) is 3.00. The Morgan fingerprint density at radius 3 is 2.88 bits per heavy atom. The van der Waals surface area contributed by atoms with Crippen LogP contribution in [0.2, 0.25) is 0 Å².